The topological polar surface area (TPSA) is 127 Å². The molecule has 0 saturated carbocycles. The van der Waals surface area contributed by atoms with E-state index >= 15 is 0 Å². The third-order valence-corrected chi connectivity index (χ3v) is 3.99. The molecule has 158 valence electrons. The summed E-state index contributed by atoms with van der Waals surface area (Å²) in [4.78, 5) is 20.3. The highest BCUT2D eigenvalue weighted by Crippen LogP contribution is 2.08. The second-order valence-corrected chi connectivity index (χ2v) is 6.53. The zero-order chi connectivity index (χ0) is 20.5. The SMILES string of the molecule is CCCCCCCCCC(=O)O.CCCCCCCCCC(=O)O.NN. The van der Waals surface area contributed by atoms with Crippen molar-refractivity contribution in [1.29, 1.82) is 0 Å². The maximum Gasteiger partial charge on any atom is 0.303 e. The van der Waals surface area contributed by atoms with Crippen molar-refractivity contribution in [2.45, 2.75) is 117 Å². The van der Waals surface area contributed by atoms with Crippen molar-refractivity contribution in [3.05, 3.63) is 0 Å². The van der Waals surface area contributed by atoms with Crippen LogP contribution in [0.5, 0.6) is 0 Å². The molecule has 0 aromatic rings. The molecule has 0 aromatic carbocycles. The van der Waals surface area contributed by atoms with Crippen molar-refractivity contribution < 1.29 is 19.8 Å². The lowest BCUT2D eigenvalue weighted by Gasteiger charge is -1.98. The van der Waals surface area contributed by atoms with Crippen molar-refractivity contribution >= 4 is 11.9 Å². The van der Waals surface area contributed by atoms with E-state index < -0.39 is 11.9 Å². The Hall–Kier alpha value is -1.14. The van der Waals surface area contributed by atoms with Crippen LogP contribution in [0.25, 0.3) is 0 Å². The predicted octanol–water partition coefficient (Wildman–Crippen LogP) is 5.24. The van der Waals surface area contributed by atoms with Gasteiger partial charge in [-0.15, -0.1) is 0 Å². The minimum atomic E-state index is -0.663. The number of aliphatic carboxylic acids is 2. The second kappa shape index (κ2) is 28.7. The first kappa shape index (κ1) is 29.6. The molecule has 0 radical (unpaired) electrons. The van der Waals surface area contributed by atoms with Crippen molar-refractivity contribution in [3.63, 3.8) is 0 Å². The molecule has 6 nitrogen and oxygen atoms in total. The zero-order valence-corrected chi connectivity index (χ0v) is 17.2. The summed E-state index contributed by atoms with van der Waals surface area (Å²) in [6.07, 6.45) is 17.3. The summed E-state index contributed by atoms with van der Waals surface area (Å²) in [6.45, 7) is 4.40. The number of hydrogen-bond acceptors (Lipinski definition) is 4. The van der Waals surface area contributed by atoms with Crippen LogP contribution in [0.15, 0.2) is 0 Å². The Labute approximate surface area is 160 Å². The molecule has 0 bridgehead atoms. The lowest BCUT2D eigenvalue weighted by molar-refractivity contribution is -0.138. The van der Waals surface area contributed by atoms with Crippen LogP contribution in [0.1, 0.15) is 117 Å². The molecular formula is C20H44N2O4. The van der Waals surface area contributed by atoms with Gasteiger partial charge in [-0.3, -0.25) is 21.3 Å². The first-order chi connectivity index (χ1) is 12.5. The largest absolute Gasteiger partial charge is 0.481 e. The van der Waals surface area contributed by atoms with E-state index in [1.54, 1.807) is 0 Å². The standard InChI is InChI=1S/2C10H20O2.H4N2/c2*1-2-3-4-5-6-7-8-9-10(11)12;1-2/h2*2-9H2,1H3,(H,11,12);1-2H2. The molecular weight excluding hydrogens is 332 g/mol. The quantitative estimate of drug-likeness (QED) is 0.166. The predicted molar refractivity (Wildman–Crippen MR) is 109 cm³/mol. The van der Waals surface area contributed by atoms with Crippen molar-refractivity contribution in [2.24, 2.45) is 11.7 Å². The van der Waals surface area contributed by atoms with Gasteiger partial charge < -0.3 is 10.2 Å². The van der Waals surface area contributed by atoms with Crippen LogP contribution >= 0.6 is 0 Å². The molecule has 6 N–H and O–H groups in total. The van der Waals surface area contributed by atoms with E-state index in [-0.39, 0.29) is 0 Å². The van der Waals surface area contributed by atoms with Gasteiger partial charge in [-0.1, -0.05) is 90.9 Å². The molecule has 0 unspecified atom stereocenters. The molecule has 0 spiro atoms. The third-order valence-electron chi connectivity index (χ3n) is 3.99. The maximum atomic E-state index is 10.1. The average molecular weight is 377 g/mol. The smallest absolute Gasteiger partial charge is 0.303 e. The number of unbranched alkanes of at least 4 members (excludes halogenated alkanes) is 12. The van der Waals surface area contributed by atoms with Gasteiger partial charge in [0.2, 0.25) is 0 Å². The van der Waals surface area contributed by atoms with Crippen LogP contribution in [-0.2, 0) is 9.59 Å². The Kier molecular flexibility index (Phi) is 32.6. The Morgan fingerprint density at radius 3 is 1.00 bits per heavy atom. The molecule has 26 heavy (non-hydrogen) atoms. The Morgan fingerprint density at radius 1 is 0.538 bits per heavy atom. The maximum absolute atomic E-state index is 10.1. The summed E-state index contributed by atoms with van der Waals surface area (Å²) in [6, 6.07) is 0. The number of rotatable bonds is 16. The van der Waals surface area contributed by atoms with Crippen LogP contribution < -0.4 is 11.7 Å². The highest BCUT2D eigenvalue weighted by Gasteiger charge is 1.96. The molecule has 0 amide bonds. The van der Waals surface area contributed by atoms with Crippen molar-refractivity contribution in [2.75, 3.05) is 0 Å². The molecule has 6 heteroatoms. The minimum absolute atomic E-state index is 0.341. The van der Waals surface area contributed by atoms with Gasteiger partial charge in [-0.25, -0.2) is 0 Å². The Morgan fingerprint density at radius 2 is 0.769 bits per heavy atom. The molecule has 0 heterocycles. The first-order valence-corrected chi connectivity index (χ1v) is 10.3. The molecule has 0 fully saturated rings. The number of carboxylic acids is 2. The van der Waals surface area contributed by atoms with Gasteiger partial charge in [-0.2, -0.15) is 0 Å². The third kappa shape index (κ3) is 38.4. The van der Waals surface area contributed by atoms with Gasteiger partial charge in [0.15, 0.2) is 0 Å². The van der Waals surface area contributed by atoms with E-state index in [1.807, 2.05) is 0 Å². The van der Waals surface area contributed by atoms with Crippen LogP contribution in [-0.4, -0.2) is 22.2 Å². The van der Waals surface area contributed by atoms with E-state index in [9.17, 15) is 9.59 Å². The van der Waals surface area contributed by atoms with Gasteiger partial charge >= 0.3 is 11.9 Å². The van der Waals surface area contributed by atoms with E-state index in [2.05, 4.69) is 25.5 Å². The number of hydrogen-bond donors (Lipinski definition) is 4. The van der Waals surface area contributed by atoms with Crippen LogP contribution in [0.4, 0.5) is 0 Å². The second-order valence-electron chi connectivity index (χ2n) is 6.53. The Balaban J connectivity index is -0.000000371. The number of hydrazine groups is 1. The number of nitrogens with two attached hydrogens (primary N) is 2. The van der Waals surface area contributed by atoms with Crippen LogP contribution in [0.3, 0.4) is 0 Å². The summed E-state index contributed by atoms with van der Waals surface area (Å²) >= 11 is 0. The van der Waals surface area contributed by atoms with Gasteiger partial charge in [0.1, 0.15) is 0 Å². The zero-order valence-electron chi connectivity index (χ0n) is 17.2. The molecule has 0 rings (SSSR count). The van der Waals surface area contributed by atoms with E-state index in [4.69, 9.17) is 10.2 Å². The molecule has 0 aromatic heterocycles. The molecule has 0 aliphatic carbocycles. The fraction of sp³-hybridized carbons (Fsp3) is 0.900. The van der Waals surface area contributed by atoms with Crippen LogP contribution in [0, 0.1) is 0 Å². The summed E-state index contributed by atoms with van der Waals surface area (Å²) in [5, 5.41) is 16.7. The lowest BCUT2D eigenvalue weighted by atomic mass is 10.1. The monoisotopic (exact) mass is 376 g/mol. The van der Waals surface area contributed by atoms with Crippen molar-refractivity contribution in [1.82, 2.24) is 0 Å². The summed E-state index contributed by atoms with van der Waals surface area (Å²) in [5.41, 5.74) is 0. The average Bonchev–Trinajstić information content (AvgIpc) is 2.62. The van der Waals surface area contributed by atoms with E-state index in [1.165, 1.54) is 64.2 Å². The summed E-state index contributed by atoms with van der Waals surface area (Å²) < 4.78 is 0. The first-order valence-electron chi connectivity index (χ1n) is 10.3. The van der Waals surface area contributed by atoms with Gasteiger partial charge in [0, 0.05) is 12.8 Å². The molecule has 0 saturated heterocycles. The summed E-state index contributed by atoms with van der Waals surface area (Å²) in [7, 11) is 0. The highest BCUT2D eigenvalue weighted by atomic mass is 16.4. The van der Waals surface area contributed by atoms with Crippen molar-refractivity contribution in [3.8, 4) is 0 Å². The van der Waals surface area contributed by atoms with E-state index in [0.717, 1.165) is 25.7 Å². The summed E-state index contributed by atoms with van der Waals surface area (Å²) in [5.74, 6) is 6.67. The van der Waals surface area contributed by atoms with Gasteiger partial charge in [-0.05, 0) is 12.8 Å². The van der Waals surface area contributed by atoms with Gasteiger partial charge in [0.25, 0.3) is 0 Å². The number of carbonyl (C=O) groups is 2. The van der Waals surface area contributed by atoms with E-state index in [0.29, 0.717) is 12.8 Å². The number of carboxylic acid groups (broad SMARTS) is 2. The molecule has 0 aliphatic heterocycles. The normalized spacial score (nSPS) is 9.54. The minimum Gasteiger partial charge on any atom is -0.481 e. The fourth-order valence-electron chi connectivity index (χ4n) is 2.47. The lowest BCUT2D eigenvalue weighted by Crippen LogP contribution is -2.02. The molecule has 0 aliphatic rings. The Bertz CT molecular complexity index is 259. The molecule has 0 atom stereocenters. The fourth-order valence-corrected chi connectivity index (χ4v) is 2.47. The highest BCUT2D eigenvalue weighted by molar-refractivity contribution is 5.66. The van der Waals surface area contributed by atoms with Crippen LogP contribution in [0.2, 0.25) is 0 Å². The van der Waals surface area contributed by atoms with Gasteiger partial charge in [0.05, 0.1) is 0 Å².